The Balaban J connectivity index is 2.43. The van der Waals surface area contributed by atoms with Gasteiger partial charge >= 0.3 is 0 Å². The molecule has 0 atom stereocenters. The van der Waals surface area contributed by atoms with Gasteiger partial charge in [-0.15, -0.1) is 0 Å². The summed E-state index contributed by atoms with van der Waals surface area (Å²) < 4.78 is 26.5. The van der Waals surface area contributed by atoms with Gasteiger partial charge in [0, 0.05) is 20.0 Å². The van der Waals surface area contributed by atoms with Crippen molar-refractivity contribution in [2.24, 2.45) is 0 Å². The Bertz CT molecular complexity index is 434. The zero-order valence-electron chi connectivity index (χ0n) is 9.72. The zero-order chi connectivity index (χ0) is 13.5. The third-order valence-corrected chi connectivity index (χ3v) is 2.23. The molecule has 0 heterocycles. The van der Waals surface area contributed by atoms with Crippen molar-refractivity contribution >= 4 is 28.9 Å². The maximum atomic E-state index is 13.3. The molecule has 0 radical (unpaired) electrons. The van der Waals surface area contributed by atoms with E-state index in [9.17, 15) is 13.6 Å². The summed E-state index contributed by atoms with van der Waals surface area (Å²) in [6, 6.07) is 3.53. The fourth-order valence-corrected chi connectivity index (χ4v) is 1.39. The van der Waals surface area contributed by atoms with Gasteiger partial charge in [-0.1, -0.05) is 6.07 Å². The van der Waals surface area contributed by atoms with Crippen molar-refractivity contribution < 1.29 is 13.6 Å². The van der Waals surface area contributed by atoms with Gasteiger partial charge in [-0.05, 0) is 24.4 Å². The third kappa shape index (κ3) is 4.62. The highest BCUT2D eigenvalue weighted by molar-refractivity contribution is 7.80. The SMILES string of the molecule is CC(=O)NCCNC(=S)Nc1c(F)cccc1F. The lowest BCUT2D eigenvalue weighted by Crippen LogP contribution is -2.36. The molecule has 18 heavy (non-hydrogen) atoms. The Kier molecular flexibility index (Phi) is 5.44. The van der Waals surface area contributed by atoms with Crippen molar-refractivity contribution in [2.45, 2.75) is 6.92 Å². The quantitative estimate of drug-likeness (QED) is 0.573. The molecule has 0 aliphatic rings. The van der Waals surface area contributed by atoms with Gasteiger partial charge in [0.1, 0.15) is 17.3 Å². The Morgan fingerprint density at radius 1 is 1.22 bits per heavy atom. The molecule has 0 saturated heterocycles. The molecule has 0 unspecified atom stereocenters. The maximum absolute atomic E-state index is 13.3. The van der Waals surface area contributed by atoms with Crippen LogP contribution in [0.3, 0.4) is 0 Å². The highest BCUT2D eigenvalue weighted by Crippen LogP contribution is 2.17. The molecular weight excluding hydrogens is 260 g/mol. The smallest absolute Gasteiger partial charge is 0.216 e. The molecular formula is C11H13F2N3OS. The van der Waals surface area contributed by atoms with Crippen LogP contribution in [0, 0.1) is 11.6 Å². The first-order valence-corrected chi connectivity index (χ1v) is 5.65. The molecule has 98 valence electrons. The number of thiocarbonyl (C=S) groups is 1. The van der Waals surface area contributed by atoms with Gasteiger partial charge in [0.25, 0.3) is 0 Å². The monoisotopic (exact) mass is 273 g/mol. The van der Waals surface area contributed by atoms with Crippen molar-refractivity contribution in [3.63, 3.8) is 0 Å². The lowest BCUT2D eigenvalue weighted by atomic mass is 10.3. The zero-order valence-corrected chi connectivity index (χ0v) is 10.5. The minimum atomic E-state index is -0.721. The topological polar surface area (TPSA) is 53.2 Å². The molecule has 1 rings (SSSR count). The minimum Gasteiger partial charge on any atom is -0.361 e. The predicted molar refractivity (Wildman–Crippen MR) is 69.3 cm³/mol. The number of amides is 1. The summed E-state index contributed by atoms with van der Waals surface area (Å²) >= 11 is 4.87. The van der Waals surface area contributed by atoms with Crippen molar-refractivity contribution in [3.05, 3.63) is 29.8 Å². The van der Waals surface area contributed by atoms with Gasteiger partial charge in [-0.3, -0.25) is 4.79 Å². The largest absolute Gasteiger partial charge is 0.361 e. The van der Waals surface area contributed by atoms with Crippen LogP contribution in [-0.2, 0) is 4.79 Å². The molecule has 0 fully saturated rings. The molecule has 4 nitrogen and oxygen atoms in total. The molecule has 0 aromatic heterocycles. The van der Waals surface area contributed by atoms with E-state index in [1.807, 2.05) is 0 Å². The molecule has 1 aromatic carbocycles. The highest BCUT2D eigenvalue weighted by Gasteiger charge is 2.09. The van der Waals surface area contributed by atoms with Crippen LogP contribution in [0.25, 0.3) is 0 Å². The minimum absolute atomic E-state index is 0.0874. The highest BCUT2D eigenvalue weighted by atomic mass is 32.1. The van der Waals surface area contributed by atoms with E-state index in [4.69, 9.17) is 12.2 Å². The van der Waals surface area contributed by atoms with Crippen molar-refractivity contribution in [1.29, 1.82) is 0 Å². The summed E-state index contributed by atoms with van der Waals surface area (Å²) in [5.41, 5.74) is -0.297. The van der Waals surface area contributed by atoms with Crippen LogP contribution >= 0.6 is 12.2 Å². The average Bonchev–Trinajstić information content (AvgIpc) is 2.29. The summed E-state index contributed by atoms with van der Waals surface area (Å²) in [5, 5.41) is 7.78. The first-order chi connectivity index (χ1) is 8.50. The second-order valence-electron chi connectivity index (χ2n) is 3.46. The maximum Gasteiger partial charge on any atom is 0.216 e. The van der Waals surface area contributed by atoms with E-state index in [1.165, 1.54) is 13.0 Å². The number of halogens is 2. The number of nitrogens with one attached hydrogen (secondary N) is 3. The number of hydrogen-bond acceptors (Lipinski definition) is 2. The summed E-state index contributed by atoms with van der Waals surface area (Å²) in [7, 11) is 0. The van der Waals surface area contributed by atoms with E-state index in [0.717, 1.165) is 12.1 Å². The van der Waals surface area contributed by atoms with Gasteiger partial charge in [0.2, 0.25) is 5.91 Å². The van der Waals surface area contributed by atoms with Crippen LogP contribution in [0.2, 0.25) is 0 Å². The van der Waals surface area contributed by atoms with Gasteiger partial charge in [0.15, 0.2) is 5.11 Å². The Labute approximate surface area is 109 Å². The molecule has 1 amide bonds. The Hall–Kier alpha value is -1.76. The lowest BCUT2D eigenvalue weighted by molar-refractivity contribution is -0.118. The van der Waals surface area contributed by atoms with E-state index in [0.29, 0.717) is 13.1 Å². The Morgan fingerprint density at radius 2 is 1.78 bits per heavy atom. The van der Waals surface area contributed by atoms with Crippen LogP contribution in [0.5, 0.6) is 0 Å². The summed E-state index contributed by atoms with van der Waals surface area (Å²) in [4.78, 5) is 10.6. The molecule has 0 aliphatic heterocycles. The lowest BCUT2D eigenvalue weighted by Gasteiger charge is -2.11. The predicted octanol–water partition coefficient (Wildman–Crippen LogP) is 1.39. The average molecular weight is 273 g/mol. The van der Waals surface area contributed by atoms with E-state index in [-0.39, 0.29) is 16.7 Å². The van der Waals surface area contributed by atoms with Gasteiger partial charge in [-0.2, -0.15) is 0 Å². The van der Waals surface area contributed by atoms with Crippen molar-refractivity contribution in [3.8, 4) is 0 Å². The first kappa shape index (κ1) is 14.3. The van der Waals surface area contributed by atoms with E-state index >= 15 is 0 Å². The number of carbonyl (C=O) groups is 1. The summed E-state index contributed by atoms with van der Waals surface area (Å²) in [6.07, 6.45) is 0. The van der Waals surface area contributed by atoms with E-state index in [2.05, 4.69) is 16.0 Å². The van der Waals surface area contributed by atoms with Gasteiger partial charge in [0.05, 0.1) is 0 Å². The molecule has 3 N–H and O–H groups in total. The van der Waals surface area contributed by atoms with Gasteiger partial charge < -0.3 is 16.0 Å². The summed E-state index contributed by atoms with van der Waals surface area (Å²) in [6.45, 7) is 2.13. The molecule has 0 saturated carbocycles. The van der Waals surface area contributed by atoms with Crippen LogP contribution in [0.15, 0.2) is 18.2 Å². The van der Waals surface area contributed by atoms with Crippen molar-refractivity contribution in [2.75, 3.05) is 18.4 Å². The fourth-order valence-electron chi connectivity index (χ4n) is 1.19. The second-order valence-corrected chi connectivity index (χ2v) is 3.87. The number of para-hydroxylation sites is 1. The first-order valence-electron chi connectivity index (χ1n) is 5.24. The number of rotatable bonds is 4. The number of anilines is 1. The molecule has 1 aromatic rings. The second kappa shape index (κ2) is 6.85. The standard InChI is InChI=1S/C11H13F2N3OS/c1-7(17)14-5-6-15-11(18)16-10-8(12)3-2-4-9(10)13/h2-4H,5-6H2,1H3,(H,14,17)(H2,15,16,18). The van der Waals surface area contributed by atoms with Crippen LogP contribution in [0.4, 0.5) is 14.5 Å². The molecule has 0 spiro atoms. The number of benzene rings is 1. The van der Waals surface area contributed by atoms with E-state index < -0.39 is 11.6 Å². The number of hydrogen-bond donors (Lipinski definition) is 3. The van der Waals surface area contributed by atoms with Crippen LogP contribution < -0.4 is 16.0 Å². The third-order valence-electron chi connectivity index (χ3n) is 1.99. The van der Waals surface area contributed by atoms with Crippen LogP contribution in [-0.4, -0.2) is 24.1 Å². The van der Waals surface area contributed by atoms with Crippen LogP contribution in [0.1, 0.15) is 6.92 Å². The van der Waals surface area contributed by atoms with Crippen molar-refractivity contribution in [1.82, 2.24) is 10.6 Å². The number of carbonyl (C=O) groups excluding carboxylic acids is 1. The molecule has 0 bridgehead atoms. The molecule has 0 aliphatic carbocycles. The Morgan fingerprint density at radius 3 is 2.33 bits per heavy atom. The fraction of sp³-hybridized carbons (Fsp3) is 0.273. The summed E-state index contributed by atoms with van der Waals surface area (Å²) in [5.74, 6) is -1.60. The molecule has 7 heteroatoms. The normalized spacial score (nSPS) is 9.72. The van der Waals surface area contributed by atoms with Gasteiger partial charge in [-0.25, -0.2) is 8.78 Å². The van der Waals surface area contributed by atoms with E-state index in [1.54, 1.807) is 0 Å².